The van der Waals surface area contributed by atoms with Crippen molar-refractivity contribution >= 4 is 21.8 Å². The lowest BCUT2D eigenvalue weighted by Crippen LogP contribution is -2.31. The Hall–Kier alpha value is -2.48. The number of rotatable bonds is 6. The summed E-state index contributed by atoms with van der Waals surface area (Å²) in [4.78, 5) is 18.9. The SMILES string of the molecule is COc1cc(C(=O)N2CCC(Oc3ncccc3Br)C2)cc(OC)c1OC. The molecule has 1 aromatic carbocycles. The topological polar surface area (TPSA) is 70.1 Å². The Morgan fingerprint density at radius 3 is 2.48 bits per heavy atom. The van der Waals surface area contributed by atoms with Crippen molar-refractivity contribution in [2.45, 2.75) is 12.5 Å². The quantitative estimate of drug-likeness (QED) is 0.692. The monoisotopic (exact) mass is 436 g/mol. The van der Waals surface area contributed by atoms with Crippen LogP contribution in [0.15, 0.2) is 34.9 Å². The van der Waals surface area contributed by atoms with E-state index in [1.54, 1.807) is 23.2 Å². The van der Waals surface area contributed by atoms with E-state index < -0.39 is 0 Å². The molecule has 1 atom stereocenters. The average Bonchev–Trinajstić information content (AvgIpc) is 3.16. The van der Waals surface area contributed by atoms with Gasteiger partial charge in [0.2, 0.25) is 11.6 Å². The molecule has 27 heavy (non-hydrogen) atoms. The summed E-state index contributed by atoms with van der Waals surface area (Å²) in [6, 6.07) is 7.02. The third-order valence-electron chi connectivity index (χ3n) is 4.35. The Morgan fingerprint density at radius 2 is 1.89 bits per heavy atom. The minimum atomic E-state index is -0.111. The van der Waals surface area contributed by atoms with Crippen molar-refractivity contribution in [2.24, 2.45) is 0 Å². The molecule has 1 aliphatic rings. The smallest absolute Gasteiger partial charge is 0.254 e. The molecule has 0 aliphatic carbocycles. The van der Waals surface area contributed by atoms with Crippen LogP contribution in [0.3, 0.4) is 0 Å². The molecule has 1 aromatic heterocycles. The molecule has 7 nitrogen and oxygen atoms in total. The number of ether oxygens (including phenoxy) is 4. The zero-order valence-corrected chi connectivity index (χ0v) is 17.0. The van der Waals surface area contributed by atoms with Crippen molar-refractivity contribution in [3.8, 4) is 23.1 Å². The third kappa shape index (κ3) is 4.10. The summed E-state index contributed by atoms with van der Waals surface area (Å²) in [7, 11) is 4.58. The molecule has 1 saturated heterocycles. The number of carbonyl (C=O) groups is 1. The average molecular weight is 437 g/mol. The number of likely N-dealkylation sites (tertiary alicyclic amines) is 1. The van der Waals surface area contributed by atoms with E-state index in [1.807, 2.05) is 12.1 Å². The molecular formula is C19H21BrN2O5. The van der Waals surface area contributed by atoms with Crippen LogP contribution in [0.1, 0.15) is 16.8 Å². The van der Waals surface area contributed by atoms with Crippen LogP contribution in [-0.4, -0.2) is 56.3 Å². The van der Waals surface area contributed by atoms with E-state index in [1.165, 1.54) is 21.3 Å². The van der Waals surface area contributed by atoms with Crippen molar-refractivity contribution in [3.05, 3.63) is 40.5 Å². The van der Waals surface area contributed by atoms with Crippen LogP contribution < -0.4 is 18.9 Å². The molecule has 2 aromatic rings. The van der Waals surface area contributed by atoms with Gasteiger partial charge in [0.1, 0.15) is 6.10 Å². The van der Waals surface area contributed by atoms with E-state index in [9.17, 15) is 4.79 Å². The number of hydrogen-bond acceptors (Lipinski definition) is 6. The summed E-state index contributed by atoms with van der Waals surface area (Å²) in [5, 5.41) is 0. The van der Waals surface area contributed by atoms with Gasteiger partial charge in [-0.25, -0.2) is 4.98 Å². The Labute approximate surface area is 166 Å². The molecule has 1 fully saturated rings. The summed E-state index contributed by atoms with van der Waals surface area (Å²) in [6.45, 7) is 1.09. The van der Waals surface area contributed by atoms with Crippen molar-refractivity contribution in [1.82, 2.24) is 9.88 Å². The molecule has 1 amide bonds. The summed E-state index contributed by atoms with van der Waals surface area (Å²) in [6.07, 6.45) is 2.30. The van der Waals surface area contributed by atoms with Gasteiger partial charge in [-0.1, -0.05) is 0 Å². The Morgan fingerprint density at radius 1 is 1.19 bits per heavy atom. The number of aromatic nitrogens is 1. The summed E-state index contributed by atoms with van der Waals surface area (Å²) >= 11 is 3.42. The molecule has 0 bridgehead atoms. The highest BCUT2D eigenvalue weighted by Gasteiger charge is 2.30. The summed E-state index contributed by atoms with van der Waals surface area (Å²) in [5.74, 6) is 1.78. The summed E-state index contributed by atoms with van der Waals surface area (Å²) in [5.41, 5.74) is 0.476. The van der Waals surface area contributed by atoms with Crippen molar-refractivity contribution < 1.29 is 23.7 Å². The number of hydrogen-bond donors (Lipinski definition) is 0. The Kier molecular flexibility index (Phi) is 6.05. The van der Waals surface area contributed by atoms with Gasteiger partial charge < -0.3 is 23.8 Å². The molecule has 2 heterocycles. The molecular weight excluding hydrogens is 416 g/mol. The first-order chi connectivity index (χ1) is 13.1. The van der Waals surface area contributed by atoms with E-state index in [4.69, 9.17) is 18.9 Å². The van der Waals surface area contributed by atoms with E-state index in [2.05, 4.69) is 20.9 Å². The minimum Gasteiger partial charge on any atom is -0.493 e. The first-order valence-corrected chi connectivity index (χ1v) is 9.23. The fraction of sp³-hybridized carbons (Fsp3) is 0.368. The molecule has 8 heteroatoms. The van der Waals surface area contributed by atoms with Gasteiger partial charge in [-0.2, -0.15) is 0 Å². The van der Waals surface area contributed by atoms with Crippen molar-refractivity contribution in [3.63, 3.8) is 0 Å². The lowest BCUT2D eigenvalue weighted by Gasteiger charge is -2.19. The van der Waals surface area contributed by atoms with E-state index >= 15 is 0 Å². The van der Waals surface area contributed by atoms with Gasteiger partial charge in [-0.15, -0.1) is 0 Å². The van der Waals surface area contributed by atoms with Crippen LogP contribution in [0, 0.1) is 0 Å². The third-order valence-corrected chi connectivity index (χ3v) is 4.95. The molecule has 0 N–H and O–H groups in total. The predicted molar refractivity (Wildman–Crippen MR) is 103 cm³/mol. The highest BCUT2D eigenvalue weighted by molar-refractivity contribution is 9.10. The van der Waals surface area contributed by atoms with Gasteiger partial charge in [0, 0.05) is 24.7 Å². The van der Waals surface area contributed by atoms with Gasteiger partial charge >= 0.3 is 0 Å². The standard InChI is InChI=1S/C19H21BrN2O5/c1-24-15-9-12(10-16(25-2)17(15)26-3)19(23)22-8-6-13(11-22)27-18-14(20)5-4-7-21-18/h4-5,7,9-10,13H,6,8,11H2,1-3H3. The lowest BCUT2D eigenvalue weighted by atomic mass is 10.1. The van der Waals surface area contributed by atoms with Crippen LogP contribution in [0.5, 0.6) is 23.1 Å². The van der Waals surface area contributed by atoms with Crippen LogP contribution in [-0.2, 0) is 0 Å². The van der Waals surface area contributed by atoms with Crippen LogP contribution in [0.2, 0.25) is 0 Å². The highest BCUT2D eigenvalue weighted by Crippen LogP contribution is 2.38. The van der Waals surface area contributed by atoms with Gasteiger partial charge in [-0.3, -0.25) is 4.79 Å². The first kappa shape index (κ1) is 19.3. The molecule has 1 unspecified atom stereocenters. The lowest BCUT2D eigenvalue weighted by molar-refractivity contribution is 0.0770. The fourth-order valence-electron chi connectivity index (χ4n) is 3.01. The molecule has 144 valence electrons. The number of carbonyl (C=O) groups excluding carboxylic acids is 1. The van der Waals surface area contributed by atoms with Gasteiger partial charge in [-0.05, 0) is 40.2 Å². The zero-order valence-electron chi connectivity index (χ0n) is 15.4. The maximum atomic E-state index is 12.9. The number of halogens is 1. The highest BCUT2D eigenvalue weighted by atomic mass is 79.9. The maximum absolute atomic E-state index is 12.9. The number of nitrogens with zero attached hydrogens (tertiary/aromatic N) is 2. The van der Waals surface area contributed by atoms with Gasteiger partial charge in [0.15, 0.2) is 11.5 Å². The van der Waals surface area contributed by atoms with E-state index in [0.717, 1.165) is 10.9 Å². The fourth-order valence-corrected chi connectivity index (χ4v) is 3.36. The second kappa shape index (κ2) is 8.47. The second-order valence-electron chi connectivity index (χ2n) is 5.98. The van der Waals surface area contributed by atoms with E-state index in [0.29, 0.717) is 41.8 Å². The number of methoxy groups -OCH3 is 3. The molecule has 1 aliphatic heterocycles. The minimum absolute atomic E-state index is 0.109. The Balaban J connectivity index is 1.74. The number of pyridine rings is 1. The number of benzene rings is 1. The van der Waals surface area contributed by atoms with Crippen LogP contribution in [0.25, 0.3) is 0 Å². The van der Waals surface area contributed by atoms with Crippen molar-refractivity contribution in [2.75, 3.05) is 34.4 Å². The molecule has 0 radical (unpaired) electrons. The second-order valence-corrected chi connectivity index (χ2v) is 6.84. The maximum Gasteiger partial charge on any atom is 0.254 e. The van der Waals surface area contributed by atoms with Crippen LogP contribution >= 0.6 is 15.9 Å². The predicted octanol–water partition coefficient (Wildman–Crippen LogP) is 3.16. The Bertz CT molecular complexity index is 804. The van der Waals surface area contributed by atoms with Gasteiger partial charge in [0.25, 0.3) is 5.91 Å². The zero-order chi connectivity index (χ0) is 19.4. The summed E-state index contributed by atoms with van der Waals surface area (Å²) < 4.78 is 22.7. The van der Waals surface area contributed by atoms with Crippen molar-refractivity contribution in [1.29, 1.82) is 0 Å². The first-order valence-electron chi connectivity index (χ1n) is 8.43. The largest absolute Gasteiger partial charge is 0.493 e. The van der Waals surface area contributed by atoms with E-state index in [-0.39, 0.29) is 12.0 Å². The normalized spacial score (nSPS) is 16.1. The number of amides is 1. The molecule has 3 rings (SSSR count). The van der Waals surface area contributed by atoms with Gasteiger partial charge in [0.05, 0.1) is 32.3 Å². The molecule has 0 spiro atoms. The molecule has 0 saturated carbocycles. The van der Waals surface area contributed by atoms with Crippen LogP contribution in [0.4, 0.5) is 0 Å².